The van der Waals surface area contributed by atoms with Gasteiger partial charge in [0.1, 0.15) is 23.5 Å². The van der Waals surface area contributed by atoms with Crippen LogP contribution in [0.15, 0.2) is 22.9 Å². The fraction of sp³-hybridized carbons (Fsp3) is 0.500. The number of halogens is 1. The van der Waals surface area contributed by atoms with E-state index >= 15 is 0 Å². The van der Waals surface area contributed by atoms with Crippen molar-refractivity contribution < 1.29 is 14.3 Å². The fourth-order valence-corrected chi connectivity index (χ4v) is 3.37. The number of amides is 1. The normalized spacial score (nSPS) is 15.3. The van der Waals surface area contributed by atoms with Gasteiger partial charge < -0.3 is 19.3 Å². The number of benzene rings is 1. The Kier molecular flexibility index (Phi) is 5.22. The Morgan fingerprint density at radius 3 is 2.46 bits per heavy atom. The second kappa shape index (κ2) is 7.26. The summed E-state index contributed by atoms with van der Waals surface area (Å²) in [6.45, 7) is 8.18. The van der Waals surface area contributed by atoms with Crippen LogP contribution < -0.4 is 9.64 Å². The van der Waals surface area contributed by atoms with Gasteiger partial charge in [0.15, 0.2) is 0 Å². The molecule has 7 nitrogen and oxygen atoms in total. The summed E-state index contributed by atoms with van der Waals surface area (Å²) >= 11 is 3.49. The highest BCUT2D eigenvalue weighted by molar-refractivity contribution is 9.10. The van der Waals surface area contributed by atoms with Gasteiger partial charge >= 0.3 is 6.09 Å². The minimum atomic E-state index is -0.485. The van der Waals surface area contributed by atoms with Crippen molar-refractivity contribution >= 4 is 38.7 Å². The molecule has 1 aromatic heterocycles. The molecule has 2 heterocycles. The van der Waals surface area contributed by atoms with Gasteiger partial charge in [0.2, 0.25) is 0 Å². The van der Waals surface area contributed by atoms with E-state index in [2.05, 4.69) is 30.8 Å². The van der Waals surface area contributed by atoms with Gasteiger partial charge in [0, 0.05) is 31.6 Å². The number of rotatable bonds is 2. The number of piperazine rings is 1. The zero-order chi connectivity index (χ0) is 18.9. The predicted octanol–water partition coefficient (Wildman–Crippen LogP) is 3.46. The van der Waals surface area contributed by atoms with Crippen molar-refractivity contribution in [3.8, 4) is 5.75 Å². The van der Waals surface area contributed by atoms with Crippen LogP contribution >= 0.6 is 15.9 Å². The van der Waals surface area contributed by atoms with Crippen LogP contribution in [0, 0.1) is 0 Å². The van der Waals surface area contributed by atoms with E-state index in [1.54, 1.807) is 18.3 Å². The van der Waals surface area contributed by atoms with Crippen molar-refractivity contribution in [3.63, 3.8) is 0 Å². The van der Waals surface area contributed by atoms with Crippen LogP contribution in [-0.4, -0.2) is 59.9 Å². The van der Waals surface area contributed by atoms with Crippen molar-refractivity contribution in [2.45, 2.75) is 26.4 Å². The van der Waals surface area contributed by atoms with E-state index in [-0.39, 0.29) is 6.09 Å². The van der Waals surface area contributed by atoms with E-state index in [1.807, 2.05) is 32.9 Å². The maximum Gasteiger partial charge on any atom is 0.410 e. The summed E-state index contributed by atoms with van der Waals surface area (Å²) in [4.78, 5) is 25.0. The molecule has 0 unspecified atom stereocenters. The average Bonchev–Trinajstić information content (AvgIpc) is 2.59. The molecule has 1 aliphatic heterocycles. The lowest BCUT2D eigenvalue weighted by molar-refractivity contribution is 0.0240. The van der Waals surface area contributed by atoms with Crippen LogP contribution in [0.3, 0.4) is 0 Å². The highest BCUT2D eigenvalue weighted by atomic mass is 79.9. The third-order valence-corrected chi connectivity index (χ3v) is 4.74. The summed E-state index contributed by atoms with van der Waals surface area (Å²) in [5, 5.41) is 0.929. The highest BCUT2D eigenvalue weighted by Gasteiger charge is 2.27. The monoisotopic (exact) mass is 422 g/mol. The van der Waals surface area contributed by atoms with Gasteiger partial charge in [-0.1, -0.05) is 0 Å². The van der Waals surface area contributed by atoms with Crippen LogP contribution in [0.25, 0.3) is 10.9 Å². The first-order valence-corrected chi connectivity index (χ1v) is 9.29. The number of carbonyl (C=O) groups excluding carboxylic acids is 1. The predicted molar refractivity (Wildman–Crippen MR) is 104 cm³/mol. The lowest BCUT2D eigenvalue weighted by Gasteiger charge is -2.36. The molecule has 3 rings (SSSR count). The van der Waals surface area contributed by atoms with Gasteiger partial charge in [-0.15, -0.1) is 0 Å². The Balaban J connectivity index is 1.78. The topological polar surface area (TPSA) is 67.8 Å². The summed E-state index contributed by atoms with van der Waals surface area (Å²) < 4.78 is 11.7. The molecule has 0 atom stereocenters. The van der Waals surface area contributed by atoms with Crippen LogP contribution in [-0.2, 0) is 4.74 Å². The number of anilines is 1. The van der Waals surface area contributed by atoms with E-state index < -0.39 is 5.60 Å². The Bertz CT molecular complexity index is 814. The number of carbonyl (C=O) groups is 1. The number of methoxy groups -OCH3 is 1. The summed E-state index contributed by atoms with van der Waals surface area (Å²) in [5.41, 5.74) is 0.360. The SMILES string of the molecule is COc1cc2c(N3CCN(C(=O)OC(C)(C)C)CC3)ncnc2cc1Br. The first-order chi connectivity index (χ1) is 12.3. The van der Waals surface area contributed by atoms with Gasteiger partial charge in [0.25, 0.3) is 0 Å². The molecule has 8 heteroatoms. The Morgan fingerprint density at radius 1 is 1.15 bits per heavy atom. The van der Waals surface area contributed by atoms with E-state index in [9.17, 15) is 4.79 Å². The first-order valence-electron chi connectivity index (χ1n) is 8.49. The lowest BCUT2D eigenvalue weighted by Crippen LogP contribution is -2.50. The molecule has 0 N–H and O–H groups in total. The number of aromatic nitrogens is 2. The molecular formula is C18H23BrN4O3. The number of fused-ring (bicyclic) bond motifs is 1. The molecule has 0 spiro atoms. The molecule has 26 heavy (non-hydrogen) atoms. The molecular weight excluding hydrogens is 400 g/mol. The molecule has 0 radical (unpaired) electrons. The minimum absolute atomic E-state index is 0.268. The Labute approximate surface area is 161 Å². The maximum absolute atomic E-state index is 12.2. The van der Waals surface area contributed by atoms with E-state index in [0.717, 1.165) is 26.9 Å². The number of hydrogen-bond donors (Lipinski definition) is 0. The molecule has 1 aromatic carbocycles. The van der Waals surface area contributed by atoms with Crippen LogP contribution in [0.5, 0.6) is 5.75 Å². The molecule has 0 bridgehead atoms. The van der Waals surface area contributed by atoms with Gasteiger partial charge in [-0.3, -0.25) is 0 Å². The van der Waals surface area contributed by atoms with Gasteiger partial charge in [-0.05, 0) is 48.8 Å². The molecule has 2 aromatic rings. The summed E-state index contributed by atoms with van der Waals surface area (Å²) in [5.74, 6) is 1.59. The van der Waals surface area contributed by atoms with Gasteiger partial charge in [0.05, 0.1) is 17.1 Å². The second-order valence-electron chi connectivity index (χ2n) is 7.16. The standard InChI is InChI=1S/C18H23BrN4O3/c1-18(2,3)26-17(24)23-7-5-22(6-8-23)16-12-9-15(25-4)13(19)10-14(12)20-11-21-16/h9-11H,5-8H2,1-4H3. The third kappa shape index (κ3) is 4.00. The van der Waals surface area contributed by atoms with E-state index in [1.165, 1.54) is 0 Å². The van der Waals surface area contributed by atoms with E-state index in [4.69, 9.17) is 9.47 Å². The lowest BCUT2D eigenvalue weighted by atomic mass is 10.2. The van der Waals surface area contributed by atoms with Gasteiger partial charge in [-0.25, -0.2) is 14.8 Å². The largest absolute Gasteiger partial charge is 0.496 e. The zero-order valence-corrected chi connectivity index (χ0v) is 17.0. The van der Waals surface area contributed by atoms with Crippen LogP contribution in [0.4, 0.5) is 10.6 Å². The quantitative estimate of drug-likeness (QED) is 0.737. The van der Waals surface area contributed by atoms with Crippen molar-refractivity contribution in [2.75, 3.05) is 38.2 Å². The van der Waals surface area contributed by atoms with Gasteiger partial charge in [-0.2, -0.15) is 0 Å². The number of hydrogen-bond acceptors (Lipinski definition) is 6. The molecule has 0 saturated carbocycles. The number of nitrogens with zero attached hydrogens (tertiary/aromatic N) is 4. The molecule has 1 aliphatic rings. The van der Waals surface area contributed by atoms with Crippen LogP contribution in [0.2, 0.25) is 0 Å². The first kappa shape index (κ1) is 18.7. The maximum atomic E-state index is 12.2. The molecule has 0 aliphatic carbocycles. The average molecular weight is 423 g/mol. The highest BCUT2D eigenvalue weighted by Crippen LogP contribution is 2.33. The van der Waals surface area contributed by atoms with Crippen molar-refractivity contribution in [1.82, 2.24) is 14.9 Å². The minimum Gasteiger partial charge on any atom is -0.496 e. The van der Waals surface area contributed by atoms with Crippen LogP contribution in [0.1, 0.15) is 20.8 Å². The zero-order valence-electron chi connectivity index (χ0n) is 15.5. The Hall–Kier alpha value is -2.09. The molecule has 140 valence electrons. The molecule has 1 saturated heterocycles. The Morgan fingerprint density at radius 2 is 1.85 bits per heavy atom. The third-order valence-electron chi connectivity index (χ3n) is 4.12. The summed E-state index contributed by atoms with van der Waals surface area (Å²) in [7, 11) is 1.63. The molecule has 1 fully saturated rings. The summed E-state index contributed by atoms with van der Waals surface area (Å²) in [6.07, 6.45) is 1.30. The van der Waals surface area contributed by atoms with E-state index in [0.29, 0.717) is 26.2 Å². The smallest absolute Gasteiger partial charge is 0.410 e. The molecule has 1 amide bonds. The number of ether oxygens (including phenoxy) is 2. The van der Waals surface area contributed by atoms with Crippen molar-refractivity contribution in [2.24, 2.45) is 0 Å². The van der Waals surface area contributed by atoms with Crippen molar-refractivity contribution in [1.29, 1.82) is 0 Å². The second-order valence-corrected chi connectivity index (χ2v) is 8.01. The fourth-order valence-electron chi connectivity index (χ4n) is 2.88. The summed E-state index contributed by atoms with van der Waals surface area (Å²) in [6, 6.07) is 3.87. The van der Waals surface area contributed by atoms with Crippen molar-refractivity contribution in [3.05, 3.63) is 22.9 Å².